The Labute approximate surface area is 119 Å². The lowest BCUT2D eigenvalue weighted by Gasteiger charge is -2.00. The molecule has 1 saturated heterocycles. The van der Waals surface area contributed by atoms with E-state index < -0.39 is 0 Å². The summed E-state index contributed by atoms with van der Waals surface area (Å²) in [4.78, 5) is 12.0. The zero-order valence-electron chi connectivity index (χ0n) is 11.4. The number of aryl methyl sites for hydroxylation is 1. The van der Waals surface area contributed by atoms with Gasteiger partial charge in [0.15, 0.2) is 6.10 Å². The van der Waals surface area contributed by atoms with Crippen LogP contribution in [0.5, 0.6) is 0 Å². The second-order valence-electron chi connectivity index (χ2n) is 5.26. The Balaban J connectivity index is 1.36. The molecule has 1 aliphatic rings. The van der Waals surface area contributed by atoms with E-state index in [0.29, 0.717) is 0 Å². The van der Waals surface area contributed by atoms with Gasteiger partial charge in [-0.3, -0.25) is 9.36 Å². The molecule has 3 heteroatoms. The van der Waals surface area contributed by atoms with Crippen molar-refractivity contribution in [2.45, 2.75) is 37.9 Å². The number of benzene rings is 1. The third kappa shape index (κ3) is 3.17. The Bertz CT molecular complexity index is 548. The molecule has 0 saturated carbocycles. The second kappa shape index (κ2) is 6.06. The van der Waals surface area contributed by atoms with Gasteiger partial charge in [0.25, 0.3) is 5.91 Å². The largest absolute Gasteiger partial charge is 0.359 e. The Morgan fingerprint density at radius 3 is 2.55 bits per heavy atom. The summed E-state index contributed by atoms with van der Waals surface area (Å²) in [6.45, 7) is 0. The van der Waals surface area contributed by atoms with Crippen LogP contribution in [0.25, 0.3) is 0 Å². The summed E-state index contributed by atoms with van der Waals surface area (Å²) in [7, 11) is 0. The van der Waals surface area contributed by atoms with Crippen molar-refractivity contribution in [2.24, 2.45) is 0 Å². The minimum atomic E-state index is -0.223. The monoisotopic (exact) mass is 269 g/mol. The number of carbonyl (C=O) groups is 1. The van der Waals surface area contributed by atoms with E-state index in [9.17, 15) is 4.79 Å². The van der Waals surface area contributed by atoms with E-state index in [2.05, 4.69) is 24.3 Å². The third-order valence-corrected chi connectivity index (χ3v) is 3.73. The molecule has 2 aromatic rings. The van der Waals surface area contributed by atoms with Crippen LogP contribution in [0, 0.1) is 0 Å². The number of aromatic nitrogens is 1. The topological polar surface area (TPSA) is 34.5 Å². The van der Waals surface area contributed by atoms with Gasteiger partial charge in [-0.15, -0.1) is 0 Å². The SMILES string of the molecule is O=C([C@H]1O[C@@H]1CCCCc1ccccc1)n1cccc1. The molecule has 3 nitrogen and oxygen atoms in total. The van der Waals surface area contributed by atoms with Gasteiger partial charge in [0.2, 0.25) is 0 Å². The number of epoxide rings is 1. The summed E-state index contributed by atoms with van der Waals surface area (Å²) in [5.41, 5.74) is 1.38. The number of rotatable bonds is 6. The fourth-order valence-corrected chi connectivity index (χ4v) is 2.53. The minimum absolute atomic E-state index is 0.0584. The van der Waals surface area contributed by atoms with Gasteiger partial charge in [-0.05, 0) is 37.0 Å². The highest BCUT2D eigenvalue weighted by molar-refractivity contribution is 5.86. The molecular formula is C17H19NO2. The molecule has 20 heavy (non-hydrogen) atoms. The normalized spacial score (nSPS) is 20.8. The zero-order chi connectivity index (χ0) is 13.8. The van der Waals surface area contributed by atoms with Crippen molar-refractivity contribution in [3.63, 3.8) is 0 Å². The molecule has 104 valence electrons. The van der Waals surface area contributed by atoms with Crippen LogP contribution in [0.15, 0.2) is 54.9 Å². The van der Waals surface area contributed by atoms with Crippen LogP contribution in [0.4, 0.5) is 0 Å². The Hall–Kier alpha value is -1.87. The maximum absolute atomic E-state index is 12.0. The zero-order valence-corrected chi connectivity index (χ0v) is 11.4. The summed E-state index contributed by atoms with van der Waals surface area (Å²) in [6.07, 6.45) is 7.78. The summed E-state index contributed by atoms with van der Waals surface area (Å²) in [5, 5.41) is 0. The Morgan fingerprint density at radius 1 is 1.05 bits per heavy atom. The van der Waals surface area contributed by atoms with E-state index in [0.717, 1.165) is 25.7 Å². The molecule has 0 bridgehead atoms. The average molecular weight is 269 g/mol. The van der Waals surface area contributed by atoms with Crippen LogP contribution in [0.3, 0.4) is 0 Å². The number of ether oxygens (including phenoxy) is 1. The number of carbonyl (C=O) groups excluding carboxylic acids is 1. The van der Waals surface area contributed by atoms with Gasteiger partial charge in [0, 0.05) is 12.4 Å². The second-order valence-corrected chi connectivity index (χ2v) is 5.26. The Morgan fingerprint density at radius 2 is 1.80 bits per heavy atom. The van der Waals surface area contributed by atoms with Crippen LogP contribution in [-0.4, -0.2) is 22.7 Å². The predicted octanol–water partition coefficient (Wildman–Crippen LogP) is 3.31. The summed E-state index contributed by atoms with van der Waals surface area (Å²) in [6, 6.07) is 14.2. The summed E-state index contributed by atoms with van der Waals surface area (Å²) in [5.74, 6) is 0.0584. The minimum Gasteiger partial charge on any atom is -0.359 e. The van der Waals surface area contributed by atoms with Gasteiger partial charge in [-0.2, -0.15) is 0 Å². The molecule has 1 aliphatic heterocycles. The number of nitrogens with zero attached hydrogens (tertiary/aromatic N) is 1. The first kappa shape index (κ1) is 13.1. The van der Waals surface area contributed by atoms with Crippen LogP contribution < -0.4 is 0 Å². The van der Waals surface area contributed by atoms with Crippen LogP contribution >= 0.6 is 0 Å². The molecule has 1 aromatic heterocycles. The van der Waals surface area contributed by atoms with Crippen molar-refractivity contribution in [3.8, 4) is 0 Å². The maximum atomic E-state index is 12.0. The number of hydrogen-bond donors (Lipinski definition) is 0. The van der Waals surface area contributed by atoms with Gasteiger partial charge in [-0.25, -0.2) is 0 Å². The first-order chi connectivity index (χ1) is 9.84. The van der Waals surface area contributed by atoms with Crippen molar-refractivity contribution in [1.82, 2.24) is 4.57 Å². The molecular weight excluding hydrogens is 250 g/mol. The summed E-state index contributed by atoms with van der Waals surface area (Å²) < 4.78 is 7.09. The molecule has 0 aliphatic carbocycles. The maximum Gasteiger partial charge on any atom is 0.262 e. The van der Waals surface area contributed by atoms with Gasteiger partial charge < -0.3 is 4.74 Å². The van der Waals surface area contributed by atoms with E-state index in [-0.39, 0.29) is 18.1 Å². The molecule has 0 unspecified atom stereocenters. The van der Waals surface area contributed by atoms with Crippen LogP contribution in [-0.2, 0) is 11.2 Å². The van der Waals surface area contributed by atoms with E-state index in [1.165, 1.54) is 5.56 Å². The van der Waals surface area contributed by atoms with E-state index in [1.807, 2.05) is 18.2 Å². The van der Waals surface area contributed by atoms with E-state index in [4.69, 9.17) is 4.74 Å². The fraction of sp³-hybridized carbons (Fsp3) is 0.353. The molecule has 0 N–H and O–H groups in total. The standard InChI is InChI=1S/C17H19NO2/c19-17(18-12-6-7-13-18)16-15(20-16)11-5-4-10-14-8-2-1-3-9-14/h1-3,6-9,12-13,15-16H,4-5,10-11H2/t15-,16+/m1/s1. The quantitative estimate of drug-likeness (QED) is 0.595. The van der Waals surface area contributed by atoms with Crippen LogP contribution in [0.1, 0.15) is 29.6 Å². The van der Waals surface area contributed by atoms with Crippen molar-refractivity contribution in [1.29, 1.82) is 0 Å². The lowest BCUT2D eigenvalue weighted by molar-refractivity contribution is 0.0872. The lowest BCUT2D eigenvalue weighted by atomic mass is 10.1. The van der Waals surface area contributed by atoms with Crippen molar-refractivity contribution in [2.75, 3.05) is 0 Å². The van der Waals surface area contributed by atoms with Gasteiger partial charge >= 0.3 is 0 Å². The predicted molar refractivity (Wildman–Crippen MR) is 77.7 cm³/mol. The molecule has 2 atom stereocenters. The number of hydrogen-bond acceptors (Lipinski definition) is 2. The van der Waals surface area contributed by atoms with Gasteiger partial charge in [0.1, 0.15) is 0 Å². The van der Waals surface area contributed by atoms with Crippen molar-refractivity contribution < 1.29 is 9.53 Å². The highest BCUT2D eigenvalue weighted by atomic mass is 16.6. The molecule has 1 aromatic carbocycles. The fourth-order valence-electron chi connectivity index (χ4n) is 2.53. The molecule has 2 heterocycles. The first-order valence-corrected chi connectivity index (χ1v) is 7.21. The molecule has 0 spiro atoms. The van der Waals surface area contributed by atoms with Gasteiger partial charge in [0.05, 0.1) is 6.10 Å². The summed E-state index contributed by atoms with van der Waals surface area (Å²) >= 11 is 0. The van der Waals surface area contributed by atoms with Crippen molar-refractivity contribution >= 4 is 5.91 Å². The number of unbranched alkanes of at least 4 members (excludes halogenated alkanes) is 1. The molecule has 0 amide bonds. The average Bonchev–Trinajstić information content (AvgIpc) is 3.04. The molecule has 0 radical (unpaired) electrons. The van der Waals surface area contributed by atoms with Gasteiger partial charge in [-0.1, -0.05) is 36.8 Å². The van der Waals surface area contributed by atoms with Crippen LogP contribution in [0.2, 0.25) is 0 Å². The van der Waals surface area contributed by atoms with Crippen molar-refractivity contribution in [3.05, 3.63) is 60.4 Å². The molecule has 3 rings (SSSR count). The van der Waals surface area contributed by atoms with E-state index in [1.54, 1.807) is 17.0 Å². The highest BCUT2D eigenvalue weighted by Gasteiger charge is 2.44. The first-order valence-electron chi connectivity index (χ1n) is 7.21. The highest BCUT2D eigenvalue weighted by Crippen LogP contribution is 2.28. The smallest absolute Gasteiger partial charge is 0.262 e. The third-order valence-electron chi connectivity index (χ3n) is 3.73. The Kier molecular flexibility index (Phi) is 3.97. The van der Waals surface area contributed by atoms with E-state index >= 15 is 0 Å². The lowest BCUT2D eigenvalue weighted by Crippen LogP contribution is -2.17. The molecule has 1 fully saturated rings.